The van der Waals surface area contributed by atoms with Gasteiger partial charge in [-0.2, -0.15) is 8.42 Å². The zero-order valence-electron chi connectivity index (χ0n) is 13.3. The zero-order valence-corrected chi connectivity index (χ0v) is 14.1. The number of benzene rings is 2. The topological polar surface area (TPSA) is 72.5 Å². The Morgan fingerprint density at radius 3 is 2.29 bits per heavy atom. The third-order valence-electron chi connectivity index (χ3n) is 4.15. The van der Waals surface area contributed by atoms with Crippen molar-refractivity contribution in [1.82, 2.24) is 5.32 Å². The summed E-state index contributed by atoms with van der Waals surface area (Å²) in [4.78, 5) is 12.4. The van der Waals surface area contributed by atoms with Gasteiger partial charge in [-0.3, -0.25) is 4.79 Å². The maximum Gasteiger partial charge on any atom is 0.306 e. The van der Waals surface area contributed by atoms with Crippen molar-refractivity contribution in [3.05, 3.63) is 65.7 Å². The second-order valence-corrected chi connectivity index (χ2v) is 7.51. The van der Waals surface area contributed by atoms with Crippen molar-refractivity contribution in [3.63, 3.8) is 0 Å². The van der Waals surface area contributed by atoms with Gasteiger partial charge in [-0.1, -0.05) is 42.5 Å². The van der Waals surface area contributed by atoms with Crippen molar-refractivity contribution in [2.45, 2.75) is 18.3 Å². The van der Waals surface area contributed by atoms with Gasteiger partial charge in [-0.25, -0.2) is 0 Å². The van der Waals surface area contributed by atoms with Crippen molar-refractivity contribution >= 4 is 16.0 Å². The Morgan fingerprint density at radius 2 is 1.67 bits per heavy atom. The molecule has 0 bridgehead atoms. The minimum absolute atomic E-state index is 0.0221. The van der Waals surface area contributed by atoms with Gasteiger partial charge in [0.15, 0.2) is 0 Å². The highest BCUT2D eigenvalue weighted by Gasteiger charge is 2.34. The van der Waals surface area contributed by atoms with E-state index in [0.717, 1.165) is 23.8 Å². The van der Waals surface area contributed by atoms with Crippen LogP contribution in [0, 0.1) is 0 Å². The summed E-state index contributed by atoms with van der Waals surface area (Å²) in [5, 5.41) is 2.93. The largest absolute Gasteiger partial charge is 0.383 e. The molecule has 0 aliphatic carbocycles. The SMILES string of the molecule is CS(=O)(=O)Oc1ccc([C@@H]2CCNC(=O)[C@H]2c2ccccc2)cc1. The summed E-state index contributed by atoms with van der Waals surface area (Å²) in [6.07, 6.45) is 1.84. The van der Waals surface area contributed by atoms with Crippen LogP contribution >= 0.6 is 0 Å². The molecule has 5 nitrogen and oxygen atoms in total. The van der Waals surface area contributed by atoms with E-state index in [1.54, 1.807) is 12.1 Å². The van der Waals surface area contributed by atoms with Gasteiger partial charge < -0.3 is 9.50 Å². The molecule has 2 atom stereocenters. The minimum atomic E-state index is -3.54. The quantitative estimate of drug-likeness (QED) is 0.864. The summed E-state index contributed by atoms with van der Waals surface area (Å²) in [5.41, 5.74) is 1.98. The molecule has 1 aliphatic heterocycles. The highest BCUT2D eigenvalue weighted by molar-refractivity contribution is 7.86. The first-order valence-corrected chi connectivity index (χ1v) is 9.58. The molecule has 126 valence electrons. The Labute approximate surface area is 141 Å². The van der Waals surface area contributed by atoms with Crippen molar-refractivity contribution < 1.29 is 17.4 Å². The van der Waals surface area contributed by atoms with Gasteiger partial charge in [0.25, 0.3) is 0 Å². The second-order valence-electron chi connectivity index (χ2n) is 5.93. The predicted molar refractivity (Wildman–Crippen MR) is 91.5 cm³/mol. The van der Waals surface area contributed by atoms with E-state index in [1.165, 1.54) is 0 Å². The van der Waals surface area contributed by atoms with Gasteiger partial charge in [-0.05, 0) is 29.7 Å². The number of carbonyl (C=O) groups is 1. The monoisotopic (exact) mass is 345 g/mol. The first-order chi connectivity index (χ1) is 11.4. The molecule has 2 aromatic rings. The maximum atomic E-state index is 12.4. The van der Waals surface area contributed by atoms with Crippen LogP contribution in [0.4, 0.5) is 0 Å². The van der Waals surface area contributed by atoms with Gasteiger partial charge in [0.2, 0.25) is 5.91 Å². The molecule has 2 aromatic carbocycles. The lowest BCUT2D eigenvalue weighted by Gasteiger charge is -2.31. The molecule has 1 saturated heterocycles. The predicted octanol–water partition coefficient (Wildman–Crippen LogP) is 2.41. The lowest BCUT2D eigenvalue weighted by atomic mass is 9.77. The standard InChI is InChI=1S/C18H19NO4S/c1-24(21,22)23-15-9-7-13(8-10-15)16-11-12-19-18(20)17(16)14-5-3-2-4-6-14/h2-10,16-17H,11-12H2,1H3,(H,19,20)/t16-,17-/m0/s1. The fourth-order valence-electron chi connectivity index (χ4n) is 3.16. The van der Waals surface area contributed by atoms with Crippen molar-refractivity contribution in [3.8, 4) is 5.75 Å². The Bertz CT molecular complexity index is 816. The fraction of sp³-hybridized carbons (Fsp3) is 0.278. The molecule has 1 N–H and O–H groups in total. The van der Waals surface area contributed by atoms with Crippen LogP contribution in [0.25, 0.3) is 0 Å². The van der Waals surface area contributed by atoms with E-state index in [4.69, 9.17) is 4.18 Å². The number of nitrogens with one attached hydrogen (secondary N) is 1. The summed E-state index contributed by atoms with van der Waals surface area (Å²) < 4.78 is 27.3. The molecular formula is C18H19NO4S. The van der Waals surface area contributed by atoms with Crippen molar-refractivity contribution in [2.24, 2.45) is 0 Å². The molecule has 3 rings (SSSR count). The third-order valence-corrected chi connectivity index (χ3v) is 4.65. The van der Waals surface area contributed by atoms with E-state index >= 15 is 0 Å². The molecule has 1 aliphatic rings. The third kappa shape index (κ3) is 3.76. The average Bonchev–Trinajstić information content (AvgIpc) is 2.55. The Kier molecular flexibility index (Phi) is 4.57. The van der Waals surface area contributed by atoms with Gasteiger partial charge in [0.05, 0.1) is 12.2 Å². The summed E-state index contributed by atoms with van der Waals surface area (Å²) in [6.45, 7) is 0.633. The molecule has 0 saturated carbocycles. The highest BCUT2D eigenvalue weighted by Crippen LogP contribution is 2.38. The first kappa shape index (κ1) is 16.5. The van der Waals surface area contributed by atoms with E-state index < -0.39 is 10.1 Å². The van der Waals surface area contributed by atoms with Crippen molar-refractivity contribution in [1.29, 1.82) is 0 Å². The number of hydrogen-bond acceptors (Lipinski definition) is 4. The normalized spacial score (nSPS) is 21.1. The van der Waals surface area contributed by atoms with E-state index in [9.17, 15) is 13.2 Å². The molecular weight excluding hydrogens is 326 g/mol. The summed E-state index contributed by atoms with van der Waals surface area (Å²) >= 11 is 0. The van der Waals surface area contributed by atoms with Gasteiger partial charge in [0.1, 0.15) is 5.75 Å². The van der Waals surface area contributed by atoms with Crippen LogP contribution in [-0.2, 0) is 14.9 Å². The number of rotatable bonds is 4. The molecule has 0 unspecified atom stereocenters. The Morgan fingerprint density at radius 1 is 1.00 bits per heavy atom. The zero-order chi connectivity index (χ0) is 17.2. The van der Waals surface area contributed by atoms with Crippen LogP contribution in [-0.4, -0.2) is 27.1 Å². The van der Waals surface area contributed by atoms with E-state index in [0.29, 0.717) is 6.54 Å². The number of hydrogen-bond donors (Lipinski definition) is 1. The van der Waals surface area contributed by atoms with Gasteiger partial charge in [0, 0.05) is 12.5 Å². The highest BCUT2D eigenvalue weighted by atomic mass is 32.2. The van der Waals surface area contributed by atoms with Crippen LogP contribution in [0.5, 0.6) is 5.75 Å². The maximum absolute atomic E-state index is 12.4. The van der Waals surface area contributed by atoms with E-state index in [1.807, 2.05) is 42.5 Å². The van der Waals surface area contributed by atoms with Crippen LogP contribution in [0.3, 0.4) is 0 Å². The molecule has 24 heavy (non-hydrogen) atoms. The lowest BCUT2D eigenvalue weighted by molar-refractivity contribution is -0.124. The van der Waals surface area contributed by atoms with Crippen LogP contribution < -0.4 is 9.50 Å². The number of carbonyl (C=O) groups excluding carboxylic acids is 1. The van der Waals surface area contributed by atoms with E-state index in [2.05, 4.69) is 5.32 Å². The molecule has 0 spiro atoms. The Hall–Kier alpha value is -2.34. The Balaban J connectivity index is 1.89. The van der Waals surface area contributed by atoms with Gasteiger partial charge in [-0.15, -0.1) is 0 Å². The summed E-state index contributed by atoms with van der Waals surface area (Å²) in [7, 11) is -3.54. The van der Waals surface area contributed by atoms with Crippen LogP contribution in [0.15, 0.2) is 54.6 Å². The summed E-state index contributed by atoms with van der Waals surface area (Å²) in [5.74, 6) is 0.0988. The van der Waals surface area contributed by atoms with Gasteiger partial charge >= 0.3 is 10.1 Å². The molecule has 1 heterocycles. The van der Waals surface area contributed by atoms with Crippen LogP contribution in [0.1, 0.15) is 29.4 Å². The molecule has 6 heteroatoms. The summed E-state index contributed by atoms with van der Waals surface area (Å²) in [6, 6.07) is 16.6. The first-order valence-electron chi connectivity index (χ1n) is 7.76. The van der Waals surface area contributed by atoms with E-state index in [-0.39, 0.29) is 23.5 Å². The average molecular weight is 345 g/mol. The molecule has 1 amide bonds. The molecule has 0 radical (unpaired) electrons. The minimum Gasteiger partial charge on any atom is -0.383 e. The molecule has 1 fully saturated rings. The van der Waals surface area contributed by atoms with Crippen LogP contribution in [0.2, 0.25) is 0 Å². The number of amides is 1. The molecule has 0 aromatic heterocycles. The smallest absolute Gasteiger partial charge is 0.306 e. The lowest BCUT2D eigenvalue weighted by Crippen LogP contribution is -2.39. The van der Waals surface area contributed by atoms with Crippen molar-refractivity contribution in [2.75, 3.05) is 12.8 Å². The fourth-order valence-corrected chi connectivity index (χ4v) is 3.62. The second kappa shape index (κ2) is 6.65. The number of piperidine rings is 1.